The quantitative estimate of drug-likeness (QED) is 0.858. The van der Waals surface area contributed by atoms with E-state index in [4.69, 9.17) is 0 Å². The molecule has 5 nitrogen and oxygen atoms in total. The lowest BCUT2D eigenvalue weighted by Crippen LogP contribution is -2.50. The van der Waals surface area contributed by atoms with Gasteiger partial charge in [0.15, 0.2) is 0 Å². The highest BCUT2D eigenvalue weighted by Gasteiger charge is 2.36. The number of benzene rings is 2. The minimum absolute atomic E-state index is 0.0889. The minimum Gasteiger partial charge on any atom is -0.480 e. The maximum atomic E-state index is 12.9. The van der Waals surface area contributed by atoms with Crippen LogP contribution in [0.25, 0.3) is 0 Å². The summed E-state index contributed by atoms with van der Waals surface area (Å²) in [4.78, 5) is 38.3. The number of thioether (sulfide) groups is 1. The monoisotopic (exact) mass is 383 g/mol. The fraction of sp³-hybridized carbons (Fsp3) is 0.286. The van der Waals surface area contributed by atoms with E-state index in [1.54, 1.807) is 31.2 Å². The van der Waals surface area contributed by atoms with E-state index in [1.165, 1.54) is 4.90 Å². The topological polar surface area (TPSA) is 74.7 Å². The van der Waals surface area contributed by atoms with Crippen molar-refractivity contribution in [3.63, 3.8) is 0 Å². The van der Waals surface area contributed by atoms with Gasteiger partial charge in [-0.25, -0.2) is 4.79 Å². The Balaban J connectivity index is 1.68. The zero-order chi connectivity index (χ0) is 19.4. The number of carboxylic acids is 1. The predicted octanol–water partition coefficient (Wildman–Crippen LogP) is 3.23. The van der Waals surface area contributed by atoms with Crippen molar-refractivity contribution < 1.29 is 19.5 Å². The molecule has 3 rings (SSSR count). The molecule has 0 aromatic heterocycles. The van der Waals surface area contributed by atoms with Crippen molar-refractivity contribution in [3.05, 3.63) is 71.3 Å². The first-order valence-electron chi connectivity index (χ1n) is 8.79. The van der Waals surface area contributed by atoms with Gasteiger partial charge in [-0.1, -0.05) is 73.3 Å². The smallest absolute Gasteiger partial charge is 0.326 e. The summed E-state index contributed by atoms with van der Waals surface area (Å²) in [6, 6.07) is 15.6. The summed E-state index contributed by atoms with van der Waals surface area (Å²) >= 11 is 1.09. The minimum atomic E-state index is -1.00. The SMILES string of the molecule is CC(CSC(=O)c1ccccc1)C(=O)N1Cc2ccccc2C[C@H]1C(=O)O. The normalized spacial score (nSPS) is 17.1. The summed E-state index contributed by atoms with van der Waals surface area (Å²) in [7, 11) is 0. The summed E-state index contributed by atoms with van der Waals surface area (Å²) in [6.07, 6.45) is 0.306. The number of hydrogen-bond donors (Lipinski definition) is 1. The molecule has 1 aliphatic heterocycles. The maximum Gasteiger partial charge on any atom is 0.326 e. The molecule has 0 spiro atoms. The van der Waals surface area contributed by atoms with Gasteiger partial charge in [-0.15, -0.1) is 0 Å². The average Bonchev–Trinajstić information content (AvgIpc) is 2.70. The van der Waals surface area contributed by atoms with Gasteiger partial charge < -0.3 is 10.0 Å². The Morgan fingerprint density at radius 2 is 1.70 bits per heavy atom. The molecule has 2 atom stereocenters. The molecule has 27 heavy (non-hydrogen) atoms. The third kappa shape index (κ3) is 4.39. The Hall–Kier alpha value is -2.60. The van der Waals surface area contributed by atoms with Crippen LogP contribution in [0.3, 0.4) is 0 Å². The number of rotatable bonds is 5. The Kier molecular flexibility index (Phi) is 5.96. The van der Waals surface area contributed by atoms with Crippen LogP contribution in [0.2, 0.25) is 0 Å². The second-order valence-electron chi connectivity index (χ2n) is 6.66. The van der Waals surface area contributed by atoms with Crippen LogP contribution >= 0.6 is 11.8 Å². The molecule has 0 radical (unpaired) electrons. The first-order valence-corrected chi connectivity index (χ1v) is 9.78. The Morgan fingerprint density at radius 1 is 1.07 bits per heavy atom. The molecule has 1 aliphatic rings. The lowest BCUT2D eigenvalue weighted by Gasteiger charge is -2.36. The summed E-state index contributed by atoms with van der Waals surface area (Å²) in [6.45, 7) is 2.03. The van der Waals surface area contributed by atoms with Gasteiger partial charge >= 0.3 is 5.97 Å². The van der Waals surface area contributed by atoms with Crippen LogP contribution in [-0.2, 0) is 22.6 Å². The largest absolute Gasteiger partial charge is 0.480 e. The zero-order valence-electron chi connectivity index (χ0n) is 15.0. The fourth-order valence-corrected chi connectivity index (χ4v) is 4.03. The molecule has 0 bridgehead atoms. The Morgan fingerprint density at radius 3 is 2.37 bits per heavy atom. The van der Waals surface area contributed by atoms with Crippen molar-refractivity contribution in [1.29, 1.82) is 0 Å². The van der Waals surface area contributed by atoms with Gasteiger partial charge in [0, 0.05) is 30.2 Å². The number of carbonyl (C=O) groups excluding carboxylic acids is 2. The summed E-state index contributed by atoms with van der Waals surface area (Å²) in [5.41, 5.74) is 2.54. The second kappa shape index (κ2) is 8.39. The molecule has 6 heteroatoms. The van der Waals surface area contributed by atoms with Crippen molar-refractivity contribution in [1.82, 2.24) is 4.90 Å². The number of aliphatic carboxylic acids is 1. The van der Waals surface area contributed by atoms with E-state index >= 15 is 0 Å². The van der Waals surface area contributed by atoms with Crippen LogP contribution < -0.4 is 0 Å². The van der Waals surface area contributed by atoms with Gasteiger partial charge in [0.05, 0.1) is 0 Å². The average molecular weight is 383 g/mol. The summed E-state index contributed by atoms with van der Waals surface area (Å²) < 4.78 is 0. The predicted molar refractivity (Wildman–Crippen MR) is 105 cm³/mol. The Bertz CT molecular complexity index is 852. The molecule has 0 fully saturated rings. The first-order chi connectivity index (χ1) is 13.0. The van der Waals surface area contributed by atoms with Gasteiger partial charge in [-0.2, -0.15) is 0 Å². The number of nitrogens with zero attached hydrogens (tertiary/aromatic N) is 1. The number of carbonyl (C=O) groups is 3. The van der Waals surface area contributed by atoms with E-state index < -0.39 is 17.9 Å². The molecule has 0 aliphatic carbocycles. The zero-order valence-corrected chi connectivity index (χ0v) is 15.8. The molecule has 1 N–H and O–H groups in total. The van der Waals surface area contributed by atoms with E-state index in [2.05, 4.69) is 0 Å². The van der Waals surface area contributed by atoms with Gasteiger partial charge in [0.1, 0.15) is 6.04 Å². The molecule has 2 aromatic rings. The van der Waals surface area contributed by atoms with Gasteiger partial charge in [-0.05, 0) is 11.1 Å². The number of fused-ring (bicyclic) bond motifs is 1. The molecule has 140 valence electrons. The van der Waals surface area contributed by atoms with Crippen molar-refractivity contribution in [2.75, 3.05) is 5.75 Å². The number of hydrogen-bond acceptors (Lipinski definition) is 4. The molecule has 1 unspecified atom stereocenters. The van der Waals surface area contributed by atoms with E-state index in [-0.39, 0.29) is 17.6 Å². The Labute approximate surface area is 162 Å². The van der Waals surface area contributed by atoms with Crippen molar-refractivity contribution >= 4 is 28.8 Å². The van der Waals surface area contributed by atoms with Crippen LogP contribution in [0.5, 0.6) is 0 Å². The highest BCUT2D eigenvalue weighted by atomic mass is 32.2. The molecule has 0 saturated carbocycles. The van der Waals surface area contributed by atoms with E-state index in [9.17, 15) is 19.5 Å². The van der Waals surface area contributed by atoms with E-state index in [0.29, 0.717) is 17.7 Å². The molecule has 0 saturated heterocycles. The van der Waals surface area contributed by atoms with Crippen LogP contribution in [0, 0.1) is 5.92 Å². The molecule has 1 heterocycles. The van der Waals surface area contributed by atoms with Gasteiger partial charge in [0.25, 0.3) is 0 Å². The highest BCUT2D eigenvalue weighted by molar-refractivity contribution is 8.14. The highest BCUT2D eigenvalue weighted by Crippen LogP contribution is 2.26. The standard InChI is InChI=1S/C21H21NO4S/c1-14(13-27-21(26)15-7-3-2-4-8-15)19(23)22-12-17-10-6-5-9-16(17)11-18(22)20(24)25/h2-10,14,18H,11-13H2,1H3,(H,24,25)/t14?,18-/m0/s1. The van der Waals surface area contributed by atoms with Crippen LogP contribution in [0.4, 0.5) is 0 Å². The first kappa shape index (κ1) is 19.2. The van der Waals surface area contributed by atoms with Crippen molar-refractivity contribution in [3.8, 4) is 0 Å². The second-order valence-corrected chi connectivity index (χ2v) is 7.65. The van der Waals surface area contributed by atoms with E-state index in [0.717, 1.165) is 22.9 Å². The lowest BCUT2D eigenvalue weighted by atomic mass is 9.93. The third-order valence-electron chi connectivity index (χ3n) is 4.71. The van der Waals surface area contributed by atoms with Crippen LogP contribution in [-0.4, -0.2) is 38.8 Å². The van der Waals surface area contributed by atoms with Crippen LogP contribution in [0.1, 0.15) is 28.4 Å². The fourth-order valence-electron chi connectivity index (χ4n) is 3.19. The van der Waals surface area contributed by atoms with Crippen molar-refractivity contribution in [2.45, 2.75) is 25.9 Å². The summed E-state index contributed by atoms with van der Waals surface area (Å²) in [5.74, 6) is -1.37. The van der Waals surface area contributed by atoms with Crippen LogP contribution in [0.15, 0.2) is 54.6 Å². The molecule has 1 amide bonds. The number of amides is 1. The molecule has 2 aromatic carbocycles. The van der Waals surface area contributed by atoms with Gasteiger partial charge in [-0.3, -0.25) is 9.59 Å². The third-order valence-corrected chi connectivity index (χ3v) is 5.88. The lowest BCUT2D eigenvalue weighted by molar-refractivity contribution is -0.152. The number of carboxylic acid groups (broad SMARTS) is 1. The summed E-state index contributed by atoms with van der Waals surface area (Å²) in [5, 5.41) is 9.49. The van der Waals surface area contributed by atoms with Gasteiger partial charge in [0.2, 0.25) is 11.0 Å². The van der Waals surface area contributed by atoms with E-state index in [1.807, 2.05) is 30.3 Å². The van der Waals surface area contributed by atoms with Crippen molar-refractivity contribution in [2.24, 2.45) is 5.92 Å². The maximum absolute atomic E-state index is 12.9. The molecular weight excluding hydrogens is 362 g/mol. The molecular formula is C21H21NO4S.